The van der Waals surface area contributed by atoms with E-state index in [0.29, 0.717) is 47.0 Å². The number of fused-ring (bicyclic) bond motifs is 1. The highest BCUT2D eigenvalue weighted by atomic mass is 32.2. The second-order valence-electron chi connectivity index (χ2n) is 6.70. The Kier molecular flexibility index (Phi) is 5.23. The van der Waals surface area contributed by atoms with Gasteiger partial charge in [0.05, 0.1) is 18.1 Å². The van der Waals surface area contributed by atoms with Crippen molar-refractivity contribution in [3.8, 4) is 11.6 Å². The van der Waals surface area contributed by atoms with Crippen molar-refractivity contribution >= 4 is 32.8 Å². The first-order valence-corrected chi connectivity index (χ1v) is 11.0. The number of carbonyl (C=O) groups is 1. The lowest BCUT2D eigenvalue weighted by Gasteiger charge is -2.07. The maximum absolute atomic E-state index is 12.7. The number of carbonyl (C=O) groups excluding carboxylic acids is 1. The summed E-state index contributed by atoms with van der Waals surface area (Å²) in [5, 5.41) is 2.88. The van der Waals surface area contributed by atoms with E-state index in [-0.39, 0.29) is 5.91 Å². The molecular weight excluding hydrogens is 406 g/mol. The number of nitrogens with one attached hydrogen (secondary N) is 3. The van der Waals surface area contributed by atoms with E-state index in [1.807, 2.05) is 12.1 Å². The van der Waals surface area contributed by atoms with Gasteiger partial charge in [-0.1, -0.05) is 12.1 Å². The first-order valence-electron chi connectivity index (χ1n) is 9.12. The third-order valence-corrected chi connectivity index (χ3v) is 4.95. The number of imidazole rings is 1. The van der Waals surface area contributed by atoms with Gasteiger partial charge in [0.25, 0.3) is 5.91 Å². The van der Waals surface area contributed by atoms with Gasteiger partial charge in [-0.05, 0) is 42.3 Å². The molecule has 0 unspecified atom stereocenters. The third-order valence-electron chi connectivity index (χ3n) is 4.34. The largest absolute Gasteiger partial charge is 0.461 e. The molecule has 1 amide bonds. The lowest BCUT2D eigenvalue weighted by atomic mass is 10.1. The number of aromatic amines is 1. The van der Waals surface area contributed by atoms with Crippen molar-refractivity contribution in [3.05, 3.63) is 66.1 Å². The summed E-state index contributed by atoms with van der Waals surface area (Å²) in [4.78, 5) is 24.4. The van der Waals surface area contributed by atoms with Gasteiger partial charge in [-0.15, -0.1) is 0 Å². The van der Waals surface area contributed by atoms with Crippen LogP contribution in [0.15, 0.2) is 59.3 Å². The van der Waals surface area contributed by atoms with Gasteiger partial charge in [-0.3, -0.25) is 9.52 Å². The van der Waals surface area contributed by atoms with Gasteiger partial charge in [-0.2, -0.15) is 0 Å². The van der Waals surface area contributed by atoms with Crippen LogP contribution in [-0.2, 0) is 16.4 Å². The molecule has 9 nitrogen and oxygen atoms in total. The van der Waals surface area contributed by atoms with Crippen LogP contribution in [0.4, 0.5) is 5.69 Å². The summed E-state index contributed by atoms with van der Waals surface area (Å²) in [5.74, 6) is 0.814. The van der Waals surface area contributed by atoms with E-state index in [4.69, 9.17) is 4.42 Å². The van der Waals surface area contributed by atoms with Crippen molar-refractivity contribution in [2.45, 2.75) is 6.42 Å². The standard InChI is InChI=1S/C20H19N5O4S/c1-30(27,28)25-14-6-4-13(5-7-14)8-10-22-20(26)15-9-11-21-19-17(15)23-18(24-19)16-3-2-12-29-16/h2-7,9,11-12,25H,8,10H2,1H3,(H,22,26)(H,21,23,24). The molecule has 0 aliphatic carbocycles. The number of nitrogens with zero attached hydrogens (tertiary/aromatic N) is 2. The lowest BCUT2D eigenvalue weighted by Crippen LogP contribution is -2.26. The van der Waals surface area contributed by atoms with Gasteiger partial charge in [0.1, 0.15) is 5.52 Å². The Labute approximate surface area is 172 Å². The highest BCUT2D eigenvalue weighted by molar-refractivity contribution is 7.92. The third kappa shape index (κ3) is 4.49. The summed E-state index contributed by atoms with van der Waals surface area (Å²) >= 11 is 0. The second-order valence-corrected chi connectivity index (χ2v) is 8.44. The number of hydrogen-bond donors (Lipinski definition) is 3. The van der Waals surface area contributed by atoms with Crippen molar-refractivity contribution in [2.75, 3.05) is 17.5 Å². The fourth-order valence-corrected chi connectivity index (χ4v) is 3.56. The highest BCUT2D eigenvalue weighted by Gasteiger charge is 2.16. The smallest absolute Gasteiger partial charge is 0.253 e. The Morgan fingerprint density at radius 3 is 2.67 bits per heavy atom. The summed E-state index contributed by atoms with van der Waals surface area (Å²) in [6, 6.07) is 12.1. The maximum atomic E-state index is 12.7. The number of H-pyrrole nitrogens is 1. The average molecular weight is 425 g/mol. The van der Waals surface area contributed by atoms with Gasteiger partial charge < -0.3 is 14.7 Å². The number of sulfonamides is 1. The van der Waals surface area contributed by atoms with Crippen molar-refractivity contribution < 1.29 is 17.6 Å². The molecule has 4 rings (SSSR count). The van der Waals surface area contributed by atoms with Crippen molar-refractivity contribution in [2.24, 2.45) is 0 Å². The van der Waals surface area contributed by atoms with E-state index in [9.17, 15) is 13.2 Å². The Morgan fingerprint density at radius 1 is 1.17 bits per heavy atom. The molecular formula is C20H19N5O4S. The summed E-state index contributed by atoms with van der Waals surface area (Å²) in [6.45, 7) is 0.414. The molecule has 0 fully saturated rings. The number of benzene rings is 1. The molecule has 4 aromatic rings. The quantitative estimate of drug-likeness (QED) is 0.417. The normalized spacial score (nSPS) is 11.5. The van der Waals surface area contributed by atoms with Gasteiger partial charge in [-0.25, -0.2) is 18.4 Å². The molecule has 10 heteroatoms. The fourth-order valence-electron chi connectivity index (χ4n) is 2.99. The van der Waals surface area contributed by atoms with Crippen LogP contribution >= 0.6 is 0 Å². The van der Waals surface area contributed by atoms with Crippen LogP contribution in [0.1, 0.15) is 15.9 Å². The first kappa shape index (κ1) is 19.6. The zero-order chi connectivity index (χ0) is 21.1. The molecule has 3 heterocycles. The van der Waals surface area contributed by atoms with E-state index in [1.54, 1.807) is 42.8 Å². The van der Waals surface area contributed by atoms with Gasteiger partial charge >= 0.3 is 0 Å². The molecule has 0 saturated carbocycles. The van der Waals surface area contributed by atoms with Crippen LogP contribution in [-0.4, -0.2) is 42.1 Å². The monoisotopic (exact) mass is 425 g/mol. The fraction of sp³-hybridized carbons (Fsp3) is 0.150. The van der Waals surface area contributed by atoms with E-state index in [0.717, 1.165) is 11.8 Å². The summed E-state index contributed by atoms with van der Waals surface area (Å²) < 4.78 is 30.3. The molecule has 0 aliphatic heterocycles. The summed E-state index contributed by atoms with van der Waals surface area (Å²) in [7, 11) is -3.31. The number of rotatable bonds is 7. The second kappa shape index (κ2) is 7.99. The van der Waals surface area contributed by atoms with E-state index in [1.165, 1.54) is 0 Å². The SMILES string of the molecule is CS(=O)(=O)Nc1ccc(CCNC(=O)c2ccnc3[nH]c(-c4ccco4)nc23)cc1. The number of pyridine rings is 1. The molecule has 0 atom stereocenters. The number of amides is 1. The van der Waals surface area contributed by atoms with E-state index >= 15 is 0 Å². The molecule has 0 radical (unpaired) electrons. The summed E-state index contributed by atoms with van der Waals surface area (Å²) in [6.07, 6.45) is 4.79. The lowest BCUT2D eigenvalue weighted by molar-refractivity contribution is 0.0955. The van der Waals surface area contributed by atoms with Crippen LogP contribution in [0.25, 0.3) is 22.7 Å². The van der Waals surface area contributed by atoms with Crippen molar-refractivity contribution in [1.29, 1.82) is 0 Å². The van der Waals surface area contributed by atoms with E-state index < -0.39 is 10.0 Å². The van der Waals surface area contributed by atoms with E-state index in [2.05, 4.69) is 25.0 Å². The van der Waals surface area contributed by atoms with Gasteiger partial charge in [0.15, 0.2) is 17.2 Å². The molecule has 3 aromatic heterocycles. The first-order chi connectivity index (χ1) is 14.4. The molecule has 30 heavy (non-hydrogen) atoms. The minimum Gasteiger partial charge on any atom is -0.461 e. The summed E-state index contributed by atoms with van der Waals surface area (Å²) in [5.41, 5.74) is 2.85. The Morgan fingerprint density at radius 2 is 1.97 bits per heavy atom. The average Bonchev–Trinajstić information content (AvgIpc) is 3.37. The highest BCUT2D eigenvalue weighted by Crippen LogP contribution is 2.21. The zero-order valence-corrected chi connectivity index (χ0v) is 16.9. The number of furan rings is 1. The van der Waals surface area contributed by atoms with Crippen LogP contribution in [0.2, 0.25) is 0 Å². The minimum atomic E-state index is -3.31. The number of hydrogen-bond acceptors (Lipinski definition) is 6. The molecule has 0 aliphatic rings. The van der Waals surface area contributed by atoms with Crippen molar-refractivity contribution in [3.63, 3.8) is 0 Å². The predicted octanol–water partition coefficient (Wildman–Crippen LogP) is 2.56. The molecule has 3 N–H and O–H groups in total. The van der Waals surface area contributed by atoms with Crippen molar-refractivity contribution in [1.82, 2.24) is 20.3 Å². The zero-order valence-electron chi connectivity index (χ0n) is 16.0. The Bertz CT molecular complexity index is 1280. The Balaban J connectivity index is 1.41. The molecule has 1 aromatic carbocycles. The Hall–Kier alpha value is -3.66. The number of anilines is 1. The topological polar surface area (TPSA) is 130 Å². The predicted molar refractivity (Wildman–Crippen MR) is 113 cm³/mol. The van der Waals surface area contributed by atoms with Crippen LogP contribution < -0.4 is 10.0 Å². The minimum absolute atomic E-state index is 0.254. The molecule has 0 bridgehead atoms. The maximum Gasteiger partial charge on any atom is 0.253 e. The van der Waals surface area contributed by atoms with Crippen LogP contribution in [0, 0.1) is 0 Å². The van der Waals surface area contributed by atoms with Crippen LogP contribution in [0.3, 0.4) is 0 Å². The van der Waals surface area contributed by atoms with Gasteiger partial charge in [0.2, 0.25) is 10.0 Å². The van der Waals surface area contributed by atoms with Crippen LogP contribution in [0.5, 0.6) is 0 Å². The molecule has 154 valence electrons. The molecule has 0 saturated heterocycles. The molecule has 0 spiro atoms. The number of aromatic nitrogens is 3. The van der Waals surface area contributed by atoms with Gasteiger partial charge in [0, 0.05) is 18.4 Å².